The lowest BCUT2D eigenvalue weighted by Crippen LogP contribution is -2.45. The Labute approximate surface area is 110 Å². The van der Waals surface area contributed by atoms with Gasteiger partial charge < -0.3 is 9.73 Å². The van der Waals surface area contributed by atoms with Gasteiger partial charge in [-0.05, 0) is 25.0 Å². The average Bonchev–Trinajstić information content (AvgIpc) is 2.89. The molecule has 2 rings (SSSR count). The van der Waals surface area contributed by atoms with E-state index in [1.54, 1.807) is 0 Å². The first-order valence-electron chi connectivity index (χ1n) is 6.99. The van der Waals surface area contributed by atoms with Crippen molar-refractivity contribution in [2.75, 3.05) is 26.2 Å². The summed E-state index contributed by atoms with van der Waals surface area (Å²) < 4.78 is 5.95. The van der Waals surface area contributed by atoms with Crippen LogP contribution in [0.2, 0.25) is 0 Å². The number of hydrogen-bond donors (Lipinski definition) is 1. The normalized spacial score (nSPS) is 18.7. The molecule has 0 amide bonds. The molecule has 3 heteroatoms. The van der Waals surface area contributed by atoms with Gasteiger partial charge in [-0.25, -0.2) is 0 Å². The molecule has 0 unspecified atom stereocenters. The Morgan fingerprint density at radius 2 is 2.22 bits per heavy atom. The van der Waals surface area contributed by atoms with Crippen LogP contribution in [0.3, 0.4) is 0 Å². The number of aryl methyl sites for hydroxylation is 1. The van der Waals surface area contributed by atoms with Crippen LogP contribution in [0.1, 0.15) is 37.3 Å². The number of allylic oxidation sites excluding steroid dienone is 1. The highest BCUT2D eigenvalue weighted by atomic mass is 16.3. The standard InChI is InChI=1S/C15H24N2O/c1-3-5-6-14(17-11-9-16-10-12-17)15-8-7-13(4-2)18-15/h3,7-8,14,16H,1,4-6,9-12H2,2H3/t14-/m1/s1. The van der Waals surface area contributed by atoms with Gasteiger partial charge in [0.25, 0.3) is 0 Å². The van der Waals surface area contributed by atoms with Crippen molar-refractivity contribution >= 4 is 0 Å². The molecule has 3 nitrogen and oxygen atoms in total. The van der Waals surface area contributed by atoms with Crippen LogP contribution in [-0.4, -0.2) is 31.1 Å². The lowest BCUT2D eigenvalue weighted by molar-refractivity contribution is 0.146. The molecule has 18 heavy (non-hydrogen) atoms. The molecule has 1 aliphatic heterocycles. The second-order valence-electron chi connectivity index (χ2n) is 4.83. The average molecular weight is 248 g/mol. The molecule has 2 heterocycles. The van der Waals surface area contributed by atoms with Crippen LogP contribution in [0.25, 0.3) is 0 Å². The second-order valence-corrected chi connectivity index (χ2v) is 4.83. The van der Waals surface area contributed by atoms with E-state index in [1.807, 2.05) is 6.08 Å². The number of furan rings is 1. The number of hydrogen-bond acceptors (Lipinski definition) is 3. The first kappa shape index (κ1) is 13.4. The summed E-state index contributed by atoms with van der Waals surface area (Å²) in [5.74, 6) is 2.21. The van der Waals surface area contributed by atoms with E-state index in [-0.39, 0.29) is 0 Å². The molecular formula is C15H24N2O. The van der Waals surface area contributed by atoms with Gasteiger partial charge in [0.2, 0.25) is 0 Å². The molecule has 1 aliphatic rings. The summed E-state index contributed by atoms with van der Waals surface area (Å²) in [6.07, 6.45) is 5.10. The fourth-order valence-electron chi connectivity index (χ4n) is 2.54. The number of rotatable bonds is 6. The van der Waals surface area contributed by atoms with Gasteiger partial charge in [-0.3, -0.25) is 4.90 Å². The minimum atomic E-state index is 0.408. The Bertz CT molecular complexity index is 366. The van der Waals surface area contributed by atoms with Crippen LogP contribution in [-0.2, 0) is 6.42 Å². The smallest absolute Gasteiger partial charge is 0.121 e. The molecule has 0 aromatic carbocycles. The van der Waals surface area contributed by atoms with Crippen molar-refractivity contribution in [1.82, 2.24) is 10.2 Å². The molecule has 1 aromatic rings. The molecule has 0 saturated carbocycles. The molecule has 1 atom stereocenters. The molecule has 1 aromatic heterocycles. The summed E-state index contributed by atoms with van der Waals surface area (Å²) in [6, 6.07) is 4.66. The Morgan fingerprint density at radius 1 is 1.44 bits per heavy atom. The van der Waals surface area contributed by atoms with E-state index < -0.39 is 0 Å². The van der Waals surface area contributed by atoms with E-state index in [0.29, 0.717) is 6.04 Å². The Balaban J connectivity index is 2.09. The third-order valence-electron chi connectivity index (χ3n) is 3.60. The molecular weight excluding hydrogens is 224 g/mol. The van der Waals surface area contributed by atoms with Crippen LogP contribution in [0.15, 0.2) is 29.2 Å². The largest absolute Gasteiger partial charge is 0.464 e. The summed E-state index contributed by atoms with van der Waals surface area (Å²) in [4.78, 5) is 2.53. The van der Waals surface area contributed by atoms with Gasteiger partial charge in [0.1, 0.15) is 11.5 Å². The van der Waals surface area contributed by atoms with Crippen molar-refractivity contribution in [2.45, 2.75) is 32.2 Å². The zero-order valence-electron chi connectivity index (χ0n) is 11.3. The monoisotopic (exact) mass is 248 g/mol. The van der Waals surface area contributed by atoms with E-state index in [0.717, 1.165) is 57.0 Å². The zero-order chi connectivity index (χ0) is 12.8. The lowest BCUT2D eigenvalue weighted by Gasteiger charge is -2.33. The van der Waals surface area contributed by atoms with E-state index >= 15 is 0 Å². The number of piperazine rings is 1. The summed E-state index contributed by atoms with van der Waals surface area (Å²) in [5, 5.41) is 3.40. The summed E-state index contributed by atoms with van der Waals surface area (Å²) in [6.45, 7) is 10.3. The number of nitrogens with zero attached hydrogens (tertiary/aromatic N) is 1. The molecule has 0 bridgehead atoms. The fourth-order valence-corrected chi connectivity index (χ4v) is 2.54. The van der Waals surface area contributed by atoms with Crippen LogP contribution in [0.5, 0.6) is 0 Å². The van der Waals surface area contributed by atoms with Crippen molar-refractivity contribution in [1.29, 1.82) is 0 Å². The number of nitrogens with one attached hydrogen (secondary N) is 1. The van der Waals surface area contributed by atoms with E-state index in [4.69, 9.17) is 4.42 Å². The Hall–Kier alpha value is -1.06. The second kappa shape index (κ2) is 6.76. The van der Waals surface area contributed by atoms with Crippen LogP contribution < -0.4 is 5.32 Å². The first-order chi connectivity index (χ1) is 8.85. The van der Waals surface area contributed by atoms with Gasteiger partial charge in [-0.2, -0.15) is 0 Å². The summed E-state index contributed by atoms with van der Waals surface area (Å²) in [7, 11) is 0. The van der Waals surface area contributed by atoms with Crippen molar-refractivity contribution in [2.24, 2.45) is 0 Å². The molecule has 0 spiro atoms. The summed E-state index contributed by atoms with van der Waals surface area (Å²) in [5.41, 5.74) is 0. The molecule has 0 aliphatic carbocycles. The molecule has 1 fully saturated rings. The first-order valence-corrected chi connectivity index (χ1v) is 6.99. The van der Waals surface area contributed by atoms with Gasteiger partial charge in [0.15, 0.2) is 0 Å². The van der Waals surface area contributed by atoms with Gasteiger partial charge in [0, 0.05) is 32.6 Å². The minimum Gasteiger partial charge on any atom is -0.464 e. The van der Waals surface area contributed by atoms with Crippen molar-refractivity contribution < 1.29 is 4.42 Å². The minimum absolute atomic E-state index is 0.408. The predicted molar refractivity (Wildman–Crippen MR) is 74.7 cm³/mol. The van der Waals surface area contributed by atoms with E-state index in [1.165, 1.54) is 0 Å². The van der Waals surface area contributed by atoms with E-state index in [2.05, 4.69) is 35.9 Å². The third kappa shape index (κ3) is 3.24. The van der Waals surface area contributed by atoms with Crippen molar-refractivity contribution in [3.8, 4) is 0 Å². The fraction of sp³-hybridized carbons (Fsp3) is 0.600. The van der Waals surface area contributed by atoms with Crippen molar-refractivity contribution in [3.05, 3.63) is 36.3 Å². The van der Waals surface area contributed by atoms with E-state index in [9.17, 15) is 0 Å². The van der Waals surface area contributed by atoms with Gasteiger partial charge in [0.05, 0.1) is 6.04 Å². The molecule has 1 saturated heterocycles. The third-order valence-corrected chi connectivity index (χ3v) is 3.60. The van der Waals surface area contributed by atoms with Crippen molar-refractivity contribution in [3.63, 3.8) is 0 Å². The SMILES string of the molecule is C=CCC[C@H](c1ccc(CC)o1)N1CCNCC1. The van der Waals surface area contributed by atoms with Gasteiger partial charge >= 0.3 is 0 Å². The highest BCUT2D eigenvalue weighted by molar-refractivity contribution is 5.11. The summed E-state index contributed by atoms with van der Waals surface area (Å²) >= 11 is 0. The molecule has 1 N–H and O–H groups in total. The van der Waals surface area contributed by atoms with Crippen LogP contribution in [0.4, 0.5) is 0 Å². The maximum absolute atomic E-state index is 5.95. The zero-order valence-corrected chi connectivity index (χ0v) is 11.3. The predicted octanol–water partition coefficient (Wildman–Crippen LogP) is 2.75. The highest BCUT2D eigenvalue weighted by Gasteiger charge is 2.23. The maximum Gasteiger partial charge on any atom is 0.121 e. The molecule has 100 valence electrons. The lowest BCUT2D eigenvalue weighted by atomic mass is 10.1. The maximum atomic E-state index is 5.95. The Morgan fingerprint density at radius 3 is 2.83 bits per heavy atom. The van der Waals surface area contributed by atoms with Gasteiger partial charge in [-0.15, -0.1) is 6.58 Å². The van der Waals surface area contributed by atoms with Gasteiger partial charge in [-0.1, -0.05) is 13.0 Å². The highest BCUT2D eigenvalue weighted by Crippen LogP contribution is 2.28. The van der Waals surface area contributed by atoms with Crippen LogP contribution >= 0.6 is 0 Å². The quantitative estimate of drug-likeness (QED) is 0.785. The van der Waals surface area contributed by atoms with Crippen LogP contribution in [0, 0.1) is 0 Å². The topological polar surface area (TPSA) is 28.4 Å². The molecule has 0 radical (unpaired) electrons. The Kier molecular flexibility index (Phi) is 5.02.